The first kappa shape index (κ1) is 14.0. The van der Waals surface area contributed by atoms with Crippen molar-refractivity contribution in [3.8, 4) is 0 Å². The zero-order valence-electron chi connectivity index (χ0n) is 9.12. The minimum Gasteiger partial charge on any atom is -0.480 e. The van der Waals surface area contributed by atoms with Gasteiger partial charge in [0, 0.05) is 12.4 Å². The number of carbonyl (C=O) groups is 2. The third kappa shape index (κ3) is 7.02. The van der Waals surface area contributed by atoms with Crippen LogP contribution in [0, 0.1) is 0 Å². The van der Waals surface area contributed by atoms with Gasteiger partial charge in [0.2, 0.25) is 0 Å². The van der Waals surface area contributed by atoms with Crippen LogP contribution in [-0.4, -0.2) is 46.6 Å². The summed E-state index contributed by atoms with van der Waals surface area (Å²) in [7, 11) is 0. The third-order valence-electron chi connectivity index (χ3n) is 1.33. The summed E-state index contributed by atoms with van der Waals surface area (Å²) in [5, 5.41) is 8.57. The Morgan fingerprint density at radius 3 is 2.27 bits per heavy atom. The van der Waals surface area contributed by atoms with E-state index in [1.165, 1.54) is 0 Å². The van der Waals surface area contributed by atoms with Gasteiger partial charge in [-0.3, -0.25) is 9.69 Å². The van der Waals surface area contributed by atoms with Crippen LogP contribution in [0.15, 0.2) is 0 Å². The highest BCUT2D eigenvalue weighted by atomic mass is 35.5. The fraction of sp³-hybridized carbons (Fsp3) is 0.778. The maximum Gasteiger partial charge on any atom is 0.410 e. The number of nitrogens with zero attached hydrogens (tertiary/aromatic N) is 1. The second-order valence-electron chi connectivity index (χ2n) is 3.98. The monoisotopic (exact) mass is 237 g/mol. The lowest BCUT2D eigenvalue weighted by Crippen LogP contribution is -2.40. The van der Waals surface area contributed by atoms with Crippen LogP contribution in [0.2, 0.25) is 0 Å². The van der Waals surface area contributed by atoms with Gasteiger partial charge in [-0.25, -0.2) is 4.79 Å². The van der Waals surface area contributed by atoms with Gasteiger partial charge in [0.15, 0.2) is 0 Å². The number of carboxylic acids is 1. The summed E-state index contributed by atoms with van der Waals surface area (Å²) < 4.78 is 5.02. The molecule has 1 amide bonds. The molecular formula is C9H16ClNO4. The van der Waals surface area contributed by atoms with Crippen molar-refractivity contribution in [2.24, 2.45) is 0 Å². The van der Waals surface area contributed by atoms with E-state index in [1.54, 1.807) is 20.8 Å². The summed E-state index contributed by atoms with van der Waals surface area (Å²) in [6.45, 7) is 4.89. The van der Waals surface area contributed by atoms with Crippen molar-refractivity contribution in [3.63, 3.8) is 0 Å². The Morgan fingerprint density at radius 1 is 1.40 bits per heavy atom. The number of alkyl halides is 1. The van der Waals surface area contributed by atoms with Crippen LogP contribution >= 0.6 is 11.6 Å². The van der Waals surface area contributed by atoms with E-state index in [4.69, 9.17) is 21.4 Å². The Hall–Kier alpha value is -0.970. The molecule has 6 heteroatoms. The topological polar surface area (TPSA) is 66.8 Å². The van der Waals surface area contributed by atoms with Crippen LogP contribution in [0.1, 0.15) is 20.8 Å². The number of carboxylic acid groups (broad SMARTS) is 1. The van der Waals surface area contributed by atoms with Crippen molar-refractivity contribution < 1.29 is 19.4 Å². The molecule has 0 rings (SSSR count). The number of carbonyl (C=O) groups excluding carboxylic acids is 1. The number of aliphatic carboxylic acids is 1. The average Bonchev–Trinajstić information content (AvgIpc) is 1.99. The van der Waals surface area contributed by atoms with Crippen LogP contribution < -0.4 is 0 Å². The molecule has 0 radical (unpaired) electrons. The zero-order valence-corrected chi connectivity index (χ0v) is 9.87. The highest BCUT2D eigenvalue weighted by Gasteiger charge is 2.23. The molecule has 0 aliphatic heterocycles. The summed E-state index contributed by atoms with van der Waals surface area (Å²) in [6.07, 6.45) is -0.662. The first-order chi connectivity index (χ1) is 6.76. The molecule has 0 heterocycles. The number of rotatable bonds is 4. The zero-order chi connectivity index (χ0) is 12.1. The van der Waals surface area contributed by atoms with Gasteiger partial charge < -0.3 is 9.84 Å². The Kier molecular flexibility index (Phi) is 5.43. The lowest BCUT2D eigenvalue weighted by Gasteiger charge is -2.25. The van der Waals surface area contributed by atoms with Crippen molar-refractivity contribution in [3.05, 3.63) is 0 Å². The average molecular weight is 238 g/mol. The highest BCUT2D eigenvalue weighted by Crippen LogP contribution is 2.09. The van der Waals surface area contributed by atoms with Gasteiger partial charge in [-0.1, -0.05) is 0 Å². The van der Waals surface area contributed by atoms with Gasteiger partial charge in [-0.15, -0.1) is 11.6 Å². The van der Waals surface area contributed by atoms with Crippen molar-refractivity contribution in [1.29, 1.82) is 0 Å². The predicted octanol–water partition coefficient (Wildman–Crippen LogP) is 1.55. The molecule has 0 saturated carbocycles. The highest BCUT2D eigenvalue weighted by molar-refractivity contribution is 6.18. The normalized spacial score (nSPS) is 10.9. The van der Waals surface area contributed by atoms with Gasteiger partial charge in [0.1, 0.15) is 12.1 Å². The minimum atomic E-state index is -1.09. The molecular weight excluding hydrogens is 222 g/mol. The molecule has 0 saturated heterocycles. The minimum absolute atomic E-state index is 0.156. The number of amides is 1. The molecule has 0 unspecified atom stereocenters. The summed E-state index contributed by atoms with van der Waals surface area (Å²) in [6, 6.07) is 0. The van der Waals surface area contributed by atoms with Gasteiger partial charge >= 0.3 is 12.1 Å². The molecule has 0 bridgehead atoms. The van der Waals surface area contributed by atoms with E-state index in [2.05, 4.69) is 0 Å². The van der Waals surface area contributed by atoms with Crippen molar-refractivity contribution >= 4 is 23.7 Å². The molecule has 15 heavy (non-hydrogen) atoms. The van der Waals surface area contributed by atoms with Crippen LogP contribution in [0.4, 0.5) is 4.79 Å². The Bertz CT molecular complexity index is 237. The Morgan fingerprint density at radius 2 is 1.93 bits per heavy atom. The molecule has 0 spiro atoms. The molecule has 0 aliphatic carbocycles. The van der Waals surface area contributed by atoms with E-state index in [0.717, 1.165) is 4.90 Å². The van der Waals surface area contributed by atoms with E-state index >= 15 is 0 Å². The van der Waals surface area contributed by atoms with Crippen LogP contribution in [0.25, 0.3) is 0 Å². The fourth-order valence-electron chi connectivity index (χ4n) is 0.827. The van der Waals surface area contributed by atoms with Crippen LogP contribution in [0.5, 0.6) is 0 Å². The standard InChI is InChI=1S/C9H16ClNO4/c1-9(2,3)15-8(14)11(5-4-10)6-7(12)13/h4-6H2,1-3H3,(H,12,13). The molecule has 0 aromatic heterocycles. The third-order valence-corrected chi connectivity index (χ3v) is 1.50. The first-order valence-electron chi connectivity index (χ1n) is 4.52. The molecule has 88 valence electrons. The molecule has 0 aliphatic rings. The smallest absolute Gasteiger partial charge is 0.410 e. The van der Waals surface area contributed by atoms with Crippen molar-refractivity contribution in [1.82, 2.24) is 4.90 Å². The molecule has 0 aromatic carbocycles. The molecule has 5 nitrogen and oxygen atoms in total. The molecule has 0 atom stereocenters. The number of halogens is 1. The van der Waals surface area contributed by atoms with Gasteiger partial charge in [0.05, 0.1) is 0 Å². The summed E-state index contributed by atoms with van der Waals surface area (Å²) in [5.74, 6) is -0.919. The second kappa shape index (κ2) is 5.80. The number of ether oxygens (including phenoxy) is 1. The van der Waals surface area contributed by atoms with E-state index in [-0.39, 0.29) is 12.4 Å². The Balaban J connectivity index is 4.35. The van der Waals surface area contributed by atoms with Gasteiger partial charge in [-0.2, -0.15) is 0 Å². The van der Waals surface area contributed by atoms with Gasteiger partial charge in [-0.05, 0) is 20.8 Å². The van der Waals surface area contributed by atoms with Crippen molar-refractivity contribution in [2.45, 2.75) is 26.4 Å². The van der Waals surface area contributed by atoms with Crippen molar-refractivity contribution in [2.75, 3.05) is 19.0 Å². The summed E-state index contributed by atoms with van der Waals surface area (Å²) in [5.41, 5.74) is -0.639. The maximum atomic E-state index is 11.5. The second-order valence-corrected chi connectivity index (χ2v) is 4.36. The largest absolute Gasteiger partial charge is 0.480 e. The maximum absolute atomic E-state index is 11.5. The fourth-order valence-corrected chi connectivity index (χ4v) is 1.03. The molecule has 0 fully saturated rings. The van der Waals surface area contributed by atoms with Crippen LogP contribution in [0.3, 0.4) is 0 Å². The SMILES string of the molecule is CC(C)(C)OC(=O)N(CCCl)CC(=O)O. The van der Waals surface area contributed by atoms with E-state index < -0.39 is 24.2 Å². The lowest BCUT2D eigenvalue weighted by molar-refractivity contribution is -0.138. The number of hydrogen-bond acceptors (Lipinski definition) is 3. The number of hydrogen-bond donors (Lipinski definition) is 1. The summed E-state index contributed by atoms with van der Waals surface area (Å²) in [4.78, 5) is 23.0. The lowest BCUT2D eigenvalue weighted by atomic mass is 10.2. The van der Waals surface area contributed by atoms with Gasteiger partial charge in [0.25, 0.3) is 0 Å². The first-order valence-corrected chi connectivity index (χ1v) is 5.05. The predicted molar refractivity (Wildman–Crippen MR) is 56.2 cm³/mol. The quantitative estimate of drug-likeness (QED) is 0.754. The van der Waals surface area contributed by atoms with E-state index in [0.29, 0.717) is 0 Å². The molecule has 1 N–H and O–H groups in total. The van der Waals surface area contributed by atoms with E-state index in [9.17, 15) is 9.59 Å². The summed E-state index contributed by atoms with van der Waals surface area (Å²) >= 11 is 5.45. The molecule has 0 aromatic rings. The Labute approximate surface area is 94.0 Å². The van der Waals surface area contributed by atoms with E-state index in [1.807, 2.05) is 0 Å². The van der Waals surface area contributed by atoms with Crippen LogP contribution in [-0.2, 0) is 9.53 Å².